The van der Waals surface area contributed by atoms with Crippen LogP contribution in [0.2, 0.25) is 0 Å². The molecule has 1 aliphatic heterocycles. The molecule has 0 radical (unpaired) electrons. The predicted molar refractivity (Wildman–Crippen MR) is 122 cm³/mol. The predicted octanol–water partition coefficient (Wildman–Crippen LogP) is 4.26. The minimum atomic E-state index is -4.59. The average Bonchev–Trinajstić information content (AvgIpc) is 2.77. The molecule has 0 bridgehead atoms. The van der Waals surface area contributed by atoms with Crippen molar-refractivity contribution in [2.75, 3.05) is 33.9 Å². The summed E-state index contributed by atoms with van der Waals surface area (Å²) in [4.78, 5) is 1.90. The van der Waals surface area contributed by atoms with E-state index in [2.05, 4.69) is 9.62 Å². The van der Waals surface area contributed by atoms with E-state index in [4.69, 9.17) is 9.47 Å². The molecule has 0 fully saturated rings. The molecule has 0 aliphatic carbocycles. The van der Waals surface area contributed by atoms with Gasteiger partial charge in [-0.3, -0.25) is 4.90 Å². The molecule has 0 aromatic heterocycles. The Kier molecular flexibility index (Phi) is 9.42. The van der Waals surface area contributed by atoms with Crippen LogP contribution in [0.3, 0.4) is 0 Å². The van der Waals surface area contributed by atoms with E-state index in [9.17, 15) is 21.6 Å². The number of halogens is 4. The number of nitrogens with one attached hydrogen (secondary N) is 1. The Labute approximate surface area is 198 Å². The number of fused-ring (bicyclic) bond motifs is 1. The monoisotopic (exact) mass is 508 g/mol. The largest absolute Gasteiger partial charge is 0.493 e. The molecule has 0 unspecified atom stereocenters. The van der Waals surface area contributed by atoms with Crippen LogP contribution in [-0.2, 0) is 29.2 Å². The topological polar surface area (TPSA) is 67.9 Å². The fraction of sp³-hybridized carbons (Fsp3) is 0.455. The standard InChI is InChI=1S/C22H27F3N2O4S.ClH/c1-30-20-12-16-8-11-27(15-17(16)13-21(20)31-2)10-4-3-9-26-32(28,29)19-7-5-6-18(14-19)22(23,24)25;/h5-7,12-14,26H,3-4,8-11,15H2,1-2H3;1H. The summed E-state index contributed by atoms with van der Waals surface area (Å²) in [6, 6.07) is 7.75. The molecule has 1 aliphatic rings. The van der Waals surface area contributed by atoms with Crippen molar-refractivity contribution in [2.45, 2.75) is 36.9 Å². The molecule has 0 saturated carbocycles. The second-order valence-electron chi connectivity index (χ2n) is 7.63. The minimum absolute atomic E-state index is 0. The van der Waals surface area contributed by atoms with E-state index in [1.807, 2.05) is 12.1 Å². The van der Waals surface area contributed by atoms with Gasteiger partial charge in [0, 0.05) is 19.6 Å². The number of unbranched alkanes of at least 4 members (excludes halogenated alkanes) is 1. The first kappa shape index (κ1) is 27.2. The number of nitrogens with zero attached hydrogens (tertiary/aromatic N) is 1. The van der Waals surface area contributed by atoms with E-state index in [0.717, 1.165) is 50.7 Å². The number of hydrogen-bond acceptors (Lipinski definition) is 5. The Bertz CT molecular complexity index is 1050. The van der Waals surface area contributed by atoms with Crippen LogP contribution < -0.4 is 14.2 Å². The Morgan fingerprint density at radius 3 is 2.33 bits per heavy atom. The summed E-state index contributed by atoms with van der Waals surface area (Å²) in [5, 5.41) is 0. The maximum absolute atomic E-state index is 12.8. The van der Waals surface area contributed by atoms with Gasteiger partial charge in [0.15, 0.2) is 11.5 Å². The smallest absolute Gasteiger partial charge is 0.416 e. The zero-order chi connectivity index (χ0) is 23.4. The number of rotatable bonds is 9. The van der Waals surface area contributed by atoms with Crippen LogP contribution in [0.25, 0.3) is 0 Å². The van der Waals surface area contributed by atoms with Crippen LogP contribution in [0.1, 0.15) is 29.5 Å². The summed E-state index contributed by atoms with van der Waals surface area (Å²) >= 11 is 0. The molecule has 0 spiro atoms. The quantitative estimate of drug-likeness (QED) is 0.513. The zero-order valence-corrected chi connectivity index (χ0v) is 20.1. The van der Waals surface area contributed by atoms with Crippen molar-refractivity contribution in [3.63, 3.8) is 0 Å². The maximum atomic E-state index is 12.8. The zero-order valence-electron chi connectivity index (χ0n) is 18.4. The fourth-order valence-electron chi connectivity index (χ4n) is 3.72. The highest BCUT2D eigenvalue weighted by atomic mass is 35.5. The molecular weight excluding hydrogens is 481 g/mol. The number of sulfonamides is 1. The second-order valence-corrected chi connectivity index (χ2v) is 9.40. The summed E-state index contributed by atoms with van der Waals surface area (Å²) in [6.45, 7) is 2.61. The van der Waals surface area contributed by atoms with Crippen LogP contribution in [0.15, 0.2) is 41.3 Å². The van der Waals surface area contributed by atoms with E-state index >= 15 is 0 Å². The lowest BCUT2D eigenvalue weighted by Gasteiger charge is -2.29. The third-order valence-electron chi connectivity index (χ3n) is 5.46. The lowest BCUT2D eigenvalue weighted by molar-refractivity contribution is -0.137. The Hall–Kier alpha value is -2.01. The van der Waals surface area contributed by atoms with Crippen molar-refractivity contribution in [1.29, 1.82) is 0 Å². The molecule has 2 aromatic carbocycles. The van der Waals surface area contributed by atoms with Crippen molar-refractivity contribution in [3.05, 3.63) is 53.1 Å². The van der Waals surface area contributed by atoms with E-state index in [1.165, 1.54) is 11.1 Å². The third kappa shape index (κ3) is 6.99. The van der Waals surface area contributed by atoms with E-state index < -0.39 is 21.8 Å². The van der Waals surface area contributed by atoms with Gasteiger partial charge in [-0.15, -0.1) is 12.4 Å². The Balaban J connectivity index is 0.00000385. The summed E-state index contributed by atoms with van der Waals surface area (Å²) < 4.78 is 76.2. The van der Waals surface area contributed by atoms with Crippen LogP contribution in [-0.4, -0.2) is 47.2 Å². The number of alkyl halides is 3. The van der Waals surface area contributed by atoms with Gasteiger partial charge in [-0.25, -0.2) is 13.1 Å². The highest BCUT2D eigenvalue weighted by Crippen LogP contribution is 2.33. The number of ether oxygens (including phenoxy) is 2. The number of hydrogen-bond donors (Lipinski definition) is 1. The van der Waals surface area contributed by atoms with Crippen molar-refractivity contribution in [1.82, 2.24) is 9.62 Å². The normalized spacial score (nSPS) is 14.3. The van der Waals surface area contributed by atoms with Crippen molar-refractivity contribution in [2.24, 2.45) is 0 Å². The SMILES string of the molecule is COc1cc2c(cc1OC)CN(CCCCNS(=O)(=O)c1cccc(C(F)(F)F)c1)CC2.Cl. The molecule has 184 valence electrons. The second kappa shape index (κ2) is 11.4. The molecular formula is C22H28ClF3N2O4S. The van der Waals surface area contributed by atoms with Crippen molar-refractivity contribution < 1.29 is 31.1 Å². The highest BCUT2D eigenvalue weighted by molar-refractivity contribution is 7.89. The summed E-state index contributed by atoms with van der Waals surface area (Å²) in [6.07, 6.45) is -2.37. The molecule has 6 nitrogen and oxygen atoms in total. The summed E-state index contributed by atoms with van der Waals surface area (Å²) in [5.74, 6) is 1.41. The minimum Gasteiger partial charge on any atom is -0.493 e. The average molecular weight is 509 g/mol. The van der Waals surface area contributed by atoms with Gasteiger partial charge in [-0.2, -0.15) is 13.2 Å². The van der Waals surface area contributed by atoms with Gasteiger partial charge >= 0.3 is 6.18 Å². The molecule has 0 saturated heterocycles. The first-order chi connectivity index (χ1) is 15.1. The van der Waals surface area contributed by atoms with Gasteiger partial charge in [0.2, 0.25) is 10.0 Å². The first-order valence-corrected chi connectivity index (χ1v) is 11.8. The lowest BCUT2D eigenvalue weighted by Crippen LogP contribution is -2.32. The molecule has 11 heteroatoms. The van der Waals surface area contributed by atoms with Crippen molar-refractivity contribution >= 4 is 22.4 Å². The van der Waals surface area contributed by atoms with E-state index in [1.54, 1.807) is 14.2 Å². The summed E-state index contributed by atoms with van der Waals surface area (Å²) in [7, 11) is -0.778. The Morgan fingerprint density at radius 1 is 1.03 bits per heavy atom. The molecule has 1 heterocycles. The molecule has 0 atom stereocenters. The lowest BCUT2D eigenvalue weighted by atomic mass is 9.98. The van der Waals surface area contributed by atoms with Crippen LogP contribution in [0.5, 0.6) is 11.5 Å². The first-order valence-electron chi connectivity index (χ1n) is 10.3. The van der Waals surface area contributed by atoms with Gasteiger partial charge < -0.3 is 9.47 Å². The van der Waals surface area contributed by atoms with Crippen molar-refractivity contribution in [3.8, 4) is 11.5 Å². The van der Waals surface area contributed by atoms with Crippen LogP contribution in [0, 0.1) is 0 Å². The number of benzene rings is 2. The van der Waals surface area contributed by atoms with Gasteiger partial charge in [-0.1, -0.05) is 6.07 Å². The molecule has 33 heavy (non-hydrogen) atoms. The van der Waals surface area contributed by atoms with Crippen LogP contribution in [0.4, 0.5) is 13.2 Å². The highest BCUT2D eigenvalue weighted by Gasteiger charge is 2.31. The van der Waals surface area contributed by atoms with Gasteiger partial charge in [-0.05, 0) is 67.3 Å². The Morgan fingerprint density at radius 2 is 1.70 bits per heavy atom. The maximum Gasteiger partial charge on any atom is 0.416 e. The molecule has 3 rings (SSSR count). The van der Waals surface area contributed by atoms with Gasteiger partial charge in [0.1, 0.15) is 0 Å². The van der Waals surface area contributed by atoms with Gasteiger partial charge in [0.25, 0.3) is 0 Å². The summed E-state index contributed by atoms with van der Waals surface area (Å²) in [5.41, 5.74) is 1.42. The molecule has 1 N–H and O–H groups in total. The van der Waals surface area contributed by atoms with E-state index in [-0.39, 0.29) is 23.8 Å². The third-order valence-corrected chi connectivity index (χ3v) is 6.92. The fourth-order valence-corrected chi connectivity index (χ4v) is 4.84. The molecule has 0 amide bonds. The van der Waals surface area contributed by atoms with Gasteiger partial charge in [0.05, 0.1) is 24.7 Å². The number of methoxy groups -OCH3 is 2. The van der Waals surface area contributed by atoms with Crippen LogP contribution >= 0.6 is 12.4 Å². The molecule has 2 aromatic rings. The van der Waals surface area contributed by atoms with E-state index in [0.29, 0.717) is 24.0 Å².